The van der Waals surface area contributed by atoms with Crippen molar-refractivity contribution in [1.82, 2.24) is 0 Å². The van der Waals surface area contributed by atoms with Gasteiger partial charge in [-0.05, 0) is 42.9 Å². The van der Waals surface area contributed by atoms with Crippen LogP contribution in [0.2, 0.25) is 0 Å². The Bertz CT molecular complexity index is 474. The topological polar surface area (TPSA) is 64.3 Å². The second-order valence-corrected chi connectivity index (χ2v) is 5.81. The summed E-state index contributed by atoms with van der Waals surface area (Å²) in [5.74, 6) is 1.16. The van der Waals surface area contributed by atoms with Crippen molar-refractivity contribution in [3.63, 3.8) is 0 Å². The van der Waals surface area contributed by atoms with Crippen molar-refractivity contribution in [2.45, 2.75) is 32.6 Å². The van der Waals surface area contributed by atoms with Crippen LogP contribution in [-0.2, 0) is 4.74 Å². The predicted octanol–water partition coefficient (Wildman–Crippen LogP) is 3.29. The fraction of sp³-hybridized carbons (Fsp3) is 0.562. The average molecular weight is 276 g/mol. The summed E-state index contributed by atoms with van der Waals surface area (Å²) in [4.78, 5) is 11.6. The smallest absolute Gasteiger partial charge is 0.340 e. The SMILES string of the molecule is COC(=O)c1cc(NCC2CCCC(C)C2)ccc1N. The lowest BCUT2D eigenvalue weighted by atomic mass is 9.82. The monoisotopic (exact) mass is 276 g/mol. The molecule has 0 bridgehead atoms. The van der Waals surface area contributed by atoms with Gasteiger partial charge < -0.3 is 15.8 Å². The normalized spacial score (nSPS) is 22.3. The van der Waals surface area contributed by atoms with E-state index >= 15 is 0 Å². The van der Waals surface area contributed by atoms with Crippen molar-refractivity contribution in [2.75, 3.05) is 24.7 Å². The van der Waals surface area contributed by atoms with Crippen molar-refractivity contribution in [1.29, 1.82) is 0 Å². The second kappa shape index (κ2) is 6.64. The van der Waals surface area contributed by atoms with E-state index in [2.05, 4.69) is 12.2 Å². The van der Waals surface area contributed by atoms with Crippen molar-refractivity contribution in [2.24, 2.45) is 11.8 Å². The van der Waals surface area contributed by atoms with Crippen molar-refractivity contribution in [3.8, 4) is 0 Å². The van der Waals surface area contributed by atoms with E-state index in [9.17, 15) is 4.79 Å². The Kier molecular flexibility index (Phi) is 4.88. The molecule has 4 heteroatoms. The van der Waals surface area contributed by atoms with Gasteiger partial charge in [-0.25, -0.2) is 4.79 Å². The van der Waals surface area contributed by atoms with Gasteiger partial charge in [0, 0.05) is 17.9 Å². The highest BCUT2D eigenvalue weighted by atomic mass is 16.5. The lowest BCUT2D eigenvalue weighted by Gasteiger charge is -2.27. The van der Waals surface area contributed by atoms with Crippen LogP contribution in [0.25, 0.3) is 0 Å². The molecule has 1 aromatic rings. The molecule has 0 saturated heterocycles. The molecule has 0 aromatic heterocycles. The van der Waals surface area contributed by atoms with E-state index in [1.807, 2.05) is 6.07 Å². The molecule has 1 aromatic carbocycles. The third-order valence-corrected chi connectivity index (χ3v) is 4.10. The number of anilines is 2. The second-order valence-electron chi connectivity index (χ2n) is 5.81. The van der Waals surface area contributed by atoms with Gasteiger partial charge in [-0.3, -0.25) is 0 Å². The average Bonchev–Trinajstić information content (AvgIpc) is 2.45. The number of rotatable bonds is 4. The molecule has 0 radical (unpaired) electrons. The zero-order valence-corrected chi connectivity index (χ0v) is 12.3. The number of carbonyl (C=O) groups excluding carboxylic acids is 1. The van der Waals surface area contributed by atoms with Crippen molar-refractivity contribution < 1.29 is 9.53 Å². The van der Waals surface area contributed by atoms with E-state index in [1.165, 1.54) is 32.8 Å². The van der Waals surface area contributed by atoms with Crippen LogP contribution in [0, 0.1) is 11.8 Å². The summed E-state index contributed by atoms with van der Waals surface area (Å²) in [6, 6.07) is 5.43. The molecule has 2 atom stereocenters. The maximum atomic E-state index is 11.6. The number of nitrogens with one attached hydrogen (secondary N) is 1. The molecule has 0 heterocycles. The Morgan fingerprint density at radius 2 is 2.25 bits per heavy atom. The summed E-state index contributed by atoms with van der Waals surface area (Å²) in [6.45, 7) is 3.28. The van der Waals surface area contributed by atoms with Crippen LogP contribution in [0.5, 0.6) is 0 Å². The molecule has 2 rings (SSSR count). The largest absolute Gasteiger partial charge is 0.465 e. The number of ether oxygens (including phenoxy) is 1. The van der Waals surface area contributed by atoms with Crippen LogP contribution >= 0.6 is 0 Å². The van der Waals surface area contributed by atoms with E-state index in [0.717, 1.165) is 24.1 Å². The maximum absolute atomic E-state index is 11.6. The van der Waals surface area contributed by atoms with E-state index < -0.39 is 5.97 Å². The van der Waals surface area contributed by atoms with Crippen LogP contribution in [0.1, 0.15) is 43.0 Å². The molecule has 0 spiro atoms. The maximum Gasteiger partial charge on any atom is 0.340 e. The molecule has 1 aliphatic carbocycles. The predicted molar refractivity (Wildman–Crippen MR) is 81.8 cm³/mol. The minimum Gasteiger partial charge on any atom is -0.465 e. The quantitative estimate of drug-likeness (QED) is 0.654. The van der Waals surface area contributed by atoms with E-state index in [0.29, 0.717) is 11.3 Å². The highest BCUT2D eigenvalue weighted by molar-refractivity contribution is 5.96. The third-order valence-electron chi connectivity index (χ3n) is 4.10. The van der Waals surface area contributed by atoms with Gasteiger partial charge in [-0.15, -0.1) is 0 Å². The third kappa shape index (κ3) is 3.65. The molecule has 4 nitrogen and oxygen atoms in total. The van der Waals surface area contributed by atoms with Gasteiger partial charge in [-0.2, -0.15) is 0 Å². The zero-order valence-electron chi connectivity index (χ0n) is 12.3. The van der Waals surface area contributed by atoms with Gasteiger partial charge in [0.2, 0.25) is 0 Å². The summed E-state index contributed by atoms with van der Waals surface area (Å²) in [5.41, 5.74) is 7.60. The Balaban J connectivity index is 1.97. The van der Waals surface area contributed by atoms with Gasteiger partial charge >= 0.3 is 5.97 Å². The summed E-state index contributed by atoms with van der Waals surface area (Å²) in [7, 11) is 1.37. The lowest BCUT2D eigenvalue weighted by molar-refractivity contribution is 0.0602. The molecule has 1 saturated carbocycles. The molecular formula is C16H24N2O2. The Labute approximate surface area is 120 Å². The molecule has 1 aliphatic rings. The van der Waals surface area contributed by atoms with Gasteiger partial charge in [-0.1, -0.05) is 19.8 Å². The fourth-order valence-corrected chi connectivity index (χ4v) is 2.96. The number of nitrogens with two attached hydrogens (primary N) is 1. The summed E-state index contributed by atoms with van der Waals surface area (Å²) >= 11 is 0. The Morgan fingerprint density at radius 3 is 2.95 bits per heavy atom. The number of hydrogen-bond donors (Lipinski definition) is 2. The van der Waals surface area contributed by atoms with Crippen molar-refractivity contribution >= 4 is 17.3 Å². The molecule has 20 heavy (non-hydrogen) atoms. The van der Waals surface area contributed by atoms with Gasteiger partial charge in [0.25, 0.3) is 0 Å². The molecule has 0 aliphatic heterocycles. The number of hydrogen-bond acceptors (Lipinski definition) is 4. The van der Waals surface area contributed by atoms with Crippen LogP contribution in [0.3, 0.4) is 0 Å². The van der Waals surface area contributed by atoms with Crippen molar-refractivity contribution in [3.05, 3.63) is 23.8 Å². The molecule has 2 unspecified atom stereocenters. The molecular weight excluding hydrogens is 252 g/mol. The minimum absolute atomic E-state index is 0.391. The van der Waals surface area contributed by atoms with Gasteiger partial charge in [0.05, 0.1) is 12.7 Å². The minimum atomic E-state index is -0.391. The number of nitrogen functional groups attached to an aromatic ring is 1. The molecule has 110 valence electrons. The van der Waals surface area contributed by atoms with Gasteiger partial charge in [0.15, 0.2) is 0 Å². The first-order chi connectivity index (χ1) is 9.60. The first kappa shape index (κ1) is 14.7. The Hall–Kier alpha value is -1.71. The molecule has 3 N–H and O–H groups in total. The van der Waals surface area contributed by atoms with Crippen LogP contribution in [0.15, 0.2) is 18.2 Å². The zero-order chi connectivity index (χ0) is 14.5. The molecule has 0 amide bonds. The van der Waals surface area contributed by atoms with E-state index in [-0.39, 0.29) is 0 Å². The van der Waals surface area contributed by atoms with E-state index in [1.54, 1.807) is 12.1 Å². The highest BCUT2D eigenvalue weighted by Crippen LogP contribution is 2.29. The Morgan fingerprint density at radius 1 is 1.45 bits per heavy atom. The number of methoxy groups -OCH3 is 1. The first-order valence-electron chi connectivity index (χ1n) is 7.32. The van der Waals surface area contributed by atoms with Crippen LogP contribution < -0.4 is 11.1 Å². The van der Waals surface area contributed by atoms with Crippen LogP contribution in [-0.4, -0.2) is 19.6 Å². The number of benzene rings is 1. The first-order valence-corrected chi connectivity index (χ1v) is 7.32. The summed E-state index contributed by atoms with van der Waals surface area (Å²) in [5, 5.41) is 3.42. The molecule has 1 fully saturated rings. The van der Waals surface area contributed by atoms with E-state index in [4.69, 9.17) is 10.5 Å². The summed E-state index contributed by atoms with van der Waals surface area (Å²) in [6.07, 6.45) is 5.25. The number of carbonyl (C=O) groups is 1. The van der Waals surface area contributed by atoms with Gasteiger partial charge in [0.1, 0.15) is 0 Å². The summed E-state index contributed by atoms with van der Waals surface area (Å²) < 4.78 is 4.73. The standard InChI is InChI=1S/C16H24N2O2/c1-11-4-3-5-12(8-11)10-18-13-6-7-15(17)14(9-13)16(19)20-2/h6-7,9,11-12,18H,3-5,8,10,17H2,1-2H3. The highest BCUT2D eigenvalue weighted by Gasteiger charge is 2.18. The fourth-order valence-electron chi connectivity index (χ4n) is 2.96. The lowest BCUT2D eigenvalue weighted by Crippen LogP contribution is -2.21. The number of esters is 1. The van der Waals surface area contributed by atoms with Crippen LogP contribution in [0.4, 0.5) is 11.4 Å².